The first-order valence-corrected chi connectivity index (χ1v) is 7.95. The average Bonchev–Trinajstić information content (AvgIpc) is 2.47. The third-order valence-electron chi connectivity index (χ3n) is 4.68. The minimum absolute atomic E-state index is 0.211. The molecule has 2 unspecified atom stereocenters. The monoisotopic (exact) mass is 289 g/mol. The predicted octanol–water partition coefficient (Wildman–Crippen LogP) is 3.78. The van der Waals surface area contributed by atoms with Crippen molar-refractivity contribution in [1.29, 1.82) is 0 Å². The fourth-order valence-corrected chi connectivity index (χ4v) is 3.53. The molecule has 0 radical (unpaired) electrons. The van der Waals surface area contributed by atoms with Gasteiger partial charge in [-0.05, 0) is 51.9 Å². The van der Waals surface area contributed by atoms with Crippen LogP contribution in [0.25, 0.3) is 0 Å². The third kappa shape index (κ3) is 3.13. The first-order valence-electron chi connectivity index (χ1n) is 7.95. The second-order valence-corrected chi connectivity index (χ2v) is 6.39. The Balaban J connectivity index is 2.40. The first-order chi connectivity index (χ1) is 10.0. The number of ketones is 1. The molecule has 0 amide bonds. The van der Waals surface area contributed by atoms with Crippen LogP contribution in [0.1, 0.15) is 49.9 Å². The number of likely N-dealkylation sites (N-methyl/N-ethyl adjacent to an activating group) is 1. The molecule has 0 saturated heterocycles. The van der Waals surface area contributed by atoms with Gasteiger partial charge in [-0.2, -0.15) is 0 Å². The maximum Gasteiger partial charge on any atom is 0.186 e. The van der Waals surface area contributed by atoms with E-state index in [0.29, 0.717) is 18.3 Å². The van der Waals surface area contributed by atoms with Gasteiger partial charge in [-0.25, -0.2) is 0 Å². The van der Waals surface area contributed by atoms with Crippen LogP contribution in [0.3, 0.4) is 0 Å². The van der Waals surface area contributed by atoms with Crippen LogP contribution in [0, 0.1) is 5.92 Å². The Kier molecular flexibility index (Phi) is 5.04. The summed E-state index contributed by atoms with van der Waals surface area (Å²) in [6, 6.07) is 7.64. The molecule has 1 aliphatic carbocycles. The van der Waals surface area contributed by atoms with Crippen molar-refractivity contribution in [2.75, 3.05) is 20.7 Å². The van der Waals surface area contributed by atoms with E-state index in [2.05, 4.69) is 11.8 Å². The van der Waals surface area contributed by atoms with E-state index in [1.807, 2.05) is 45.3 Å². The van der Waals surface area contributed by atoms with Crippen molar-refractivity contribution in [3.63, 3.8) is 0 Å². The molecule has 2 atom stereocenters. The van der Waals surface area contributed by atoms with Gasteiger partial charge in [-0.1, -0.05) is 31.9 Å². The van der Waals surface area contributed by atoms with Crippen LogP contribution in [0.4, 0.5) is 0 Å². The molecule has 21 heavy (non-hydrogen) atoms. The summed E-state index contributed by atoms with van der Waals surface area (Å²) in [6.07, 6.45) is 4.20. The van der Waals surface area contributed by atoms with E-state index in [1.54, 1.807) is 0 Å². The molecule has 0 aromatic heterocycles. The number of Topliss-reactive ketones (excluding diaryl/α,β-unsaturated/α-hetero) is 1. The number of carbonyl (C=O) groups is 1. The van der Waals surface area contributed by atoms with Crippen molar-refractivity contribution in [3.05, 3.63) is 29.8 Å². The van der Waals surface area contributed by atoms with E-state index >= 15 is 0 Å². The quantitative estimate of drug-likeness (QED) is 0.773. The summed E-state index contributed by atoms with van der Waals surface area (Å²) in [4.78, 5) is 15.4. The molecule has 1 fully saturated rings. The lowest BCUT2D eigenvalue weighted by Crippen LogP contribution is -2.53. The molecule has 0 spiro atoms. The Labute approximate surface area is 128 Å². The summed E-state index contributed by atoms with van der Waals surface area (Å²) in [7, 11) is 4.05. The summed E-state index contributed by atoms with van der Waals surface area (Å²) in [5.41, 5.74) is 0.340. The topological polar surface area (TPSA) is 29.5 Å². The number of ether oxygens (including phenoxy) is 1. The highest BCUT2D eigenvalue weighted by Crippen LogP contribution is 2.39. The van der Waals surface area contributed by atoms with E-state index in [0.717, 1.165) is 24.8 Å². The normalized spacial score (nSPS) is 25.9. The SMILES string of the molecule is CCOc1ccccc1C(=O)C1(N(C)C)CCCC(C)C1. The maximum atomic E-state index is 13.3. The number of nitrogens with zero attached hydrogens (tertiary/aromatic N) is 1. The van der Waals surface area contributed by atoms with Crippen LogP contribution in [-0.2, 0) is 0 Å². The lowest BCUT2D eigenvalue weighted by molar-refractivity contribution is 0.0483. The number of para-hydroxylation sites is 1. The zero-order valence-electron chi connectivity index (χ0n) is 13.7. The summed E-state index contributed by atoms with van der Waals surface area (Å²) in [6.45, 7) is 4.78. The highest BCUT2D eigenvalue weighted by molar-refractivity contribution is 6.05. The summed E-state index contributed by atoms with van der Waals surface area (Å²) in [5.74, 6) is 1.51. The van der Waals surface area contributed by atoms with Gasteiger partial charge in [0.05, 0.1) is 17.7 Å². The van der Waals surface area contributed by atoms with Gasteiger partial charge in [-0.3, -0.25) is 9.69 Å². The number of hydrogen-bond donors (Lipinski definition) is 0. The van der Waals surface area contributed by atoms with E-state index in [-0.39, 0.29) is 11.3 Å². The van der Waals surface area contributed by atoms with Crippen LogP contribution in [0.2, 0.25) is 0 Å². The van der Waals surface area contributed by atoms with Crippen LogP contribution in [0.15, 0.2) is 24.3 Å². The van der Waals surface area contributed by atoms with E-state index < -0.39 is 0 Å². The van der Waals surface area contributed by atoms with Crippen LogP contribution >= 0.6 is 0 Å². The van der Waals surface area contributed by atoms with Gasteiger partial charge in [0, 0.05) is 0 Å². The molecule has 3 nitrogen and oxygen atoms in total. The molecule has 0 bridgehead atoms. The van der Waals surface area contributed by atoms with E-state index in [1.165, 1.54) is 6.42 Å². The molecule has 1 aromatic carbocycles. The molecular weight excluding hydrogens is 262 g/mol. The van der Waals surface area contributed by atoms with Crippen molar-refractivity contribution in [2.24, 2.45) is 5.92 Å². The molecule has 0 N–H and O–H groups in total. The van der Waals surface area contributed by atoms with Crippen molar-refractivity contribution in [3.8, 4) is 5.75 Å². The summed E-state index contributed by atoms with van der Waals surface area (Å²) in [5, 5.41) is 0. The van der Waals surface area contributed by atoms with Gasteiger partial charge in [-0.15, -0.1) is 0 Å². The fraction of sp³-hybridized carbons (Fsp3) is 0.611. The molecule has 1 aromatic rings. The minimum atomic E-state index is -0.384. The highest BCUT2D eigenvalue weighted by atomic mass is 16.5. The van der Waals surface area contributed by atoms with Crippen LogP contribution < -0.4 is 4.74 Å². The molecule has 3 heteroatoms. The van der Waals surface area contributed by atoms with E-state index in [4.69, 9.17) is 4.74 Å². The van der Waals surface area contributed by atoms with Crippen LogP contribution in [0.5, 0.6) is 5.75 Å². The number of rotatable bonds is 5. The minimum Gasteiger partial charge on any atom is -0.493 e. The Morgan fingerprint density at radius 1 is 1.38 bits per heavy atom. The third-order valence-corrected chi connectivity index (χ3v) is 4.68. The smallest absolute Gasteiger partial charge is 0.186 e. The first kappa shape index (κ1) is 16.0. The van der Waals surface area contributed by atoms with E-state index in [9.17, 15) is 4.79 Å². The Morgan fingerprint density at radius 3 is 2.71 bits per heavy atom. The zero-order valence-corrected chi connectivity index (χ0v) is 13.7. The highest BCUT2D eigenvalue weighted by Gasteiger charge is 2.44. The van der Waals surface area contributed by atoms with Gasteiger partial charge in [0.1, 0.15) is 5.75 Å². The second-order valence-electron chi connectivity index (χ2n) is 6.39. The lowest BCUT2D eigenvalue weighted by atomic mass is 9.71. The average molecular weight is 289 g/mol. The molecule has 0 aliphatic heterocycles. The Hall–Kier alpha value is -1.35. The Morgan fingerprint density at radius 2 is 2.10 bits per heavy atom. The summed E-state index contributed by atoms with van der Waals surface area (Å²) >= 11 is 0. The molecule has 1 aliphatic rings. The van der Waals surface area contributed by atoms with Crippen molar-refractivity contribution in [2.45, 2.75) is 45.1 Å². The number of benzene rings is 1. The predicted molar refractivity (Wildman–Crippen MR) is 86.0 cm³/mol. The van der Waals surface area contributed by atoms with Gasteiger partial charge >= 0.3 is 0 Å². The zero-order chi connectivity index (χ0) is 15.5. The molecular formula is C18H27NO2. The van der Waals surface area contributed by atoms with Crippen molar-refractivity contribution in [1.82, 2.24) is 4.90 Å². The van der Waals surface area contributed by atoms with Crippen LogP contribution in [-0.4, -0.2) is 36.9 Å². The van der Waals surface area contributed by atoms with Gasteiger partial charge < -0.3 is 4.74 Å². The maximum absolute atomic E-state index is 13.3. The van der Waals surface area contributed by atoms with Crippen molar-refractivity contribution >= 4 is 5.78 Å². The summed E-state index contributed by atoms with van der Waals surface area (Å²) < 4.78 is 5.66. The van der Waals surface area contributed by atoms with Gasteiger partial charge in [0.25, 0.3) is 0 Å². The Bertz CT molecular complexity index is 498. The molecule has 0 heterocycles. The molecule has 1 saturated carbocycles. The van der Waals surface area contributed by atoms with Gasteiger partial charge in [0.15, 0.2) is 5.78 Å². The second kappa shape index (κ2) is 6.61. The molecule has 116 valence electrons. The number of hydrogen-bond acceptors (Lipinski definition) is 3. The number of carbonyl (C=O) groups excluding carboxylic acids is 1. The molecule has 2 rings (SSSR count). The lowest BCUT2D eigenvalue weighted by Gasteiger charge is -2.44. The standard InChI is InChI=1S/C18H27NO2/c1-5-21-16-11-7-6-10-15(16)17(20)18(19(3)4)12-8-9-14(2)13-18/h6-7,10-11,14H,5,8-9,12-13H2,1-4H3. The largest absolute Gasteiger partial charge is 0.493 e. The van der Waals surface area contributed by atoms with Crippen molar-refractivity contribution < 1.29 is 9.53 Å². The van der Waals surface area contributed by atoms with Gasteiger partial charge in [0.2, 0.25) is 0 Å². The fourth-order valence-electron chi connectivity index (χ4n) is 3.53.